The normalized spacial score (nSPS) is 10.9. The molecule has 0 spiro atoms. The molecule has 0 atom stereocenters. The fourth-order valence-corrected chi connectivity index (χ4v) is 3.75. The van der Waals surface area contributed by atoms with E-state index in [0.29, 0.717) is 33.7 Å². The summed E-state index contributed by atoms with van der Waals surface area (Å²) < 4.78 is 40.1. The molecule has 1 amide bonds. The van der Waals surface area contributed by atoms with E-state index in [4.69, 9.17) is 15.2 Å². The predicted octanol–water partition coefficient (Wildman–Crippen LogP) is 5.54. The number of benzene rings is 2. The molecule has 0 aliphatic heterocycles. The molecule has 0 radical (unpaired) electrons. The molecule has 2 aromatic carbocycles. The van der Waals surface area contributed by atoms with Crippen LogP contribution in [-0.4, -0.2) is 28.0 Å². The van der Waals surface area contributed by atoms with Crippen LogP contribution in [0.1, 0.15) is 10.4 Å². The van der Waals surface area contributed by atoms with E-state index in [-0.39, 0.29) is 22.7 Å². The number of fused-ring (bicyclic) bond motifs is 1. The molecule has 0 bridgehead atoms. The lowest BCUT2D eigenvalue weighted by Crippen LogP contribution is -2.15. The van der Waals surface area contributed by atoms with Crippen molar-refractivity contribution in [1.29, 1.82) is 0 Å². The molecular weight excluding hydrogens is 468 g/mol. The molecule has 0 saturated carbocycles. The highest BCUT2D eigenvalue weighted by Gasteiger charge is 2.19. The Morgan fingerprint density at radius 1 is 1.00 bits per heavy atom. The first-order chi connectivity index (χ1) is 17.4. The SMILES string of the molecule is COc1cccc(F)c1C(=O)Nc1ccc(Oc2ccnc3[nH]cc(-c4ccc(N)cn4)c23)c(F)c1. The molecule has 4 N–H and O–H groups in total. The summed E-state index contributed by atoms with van der Waals surface area (Å²) in [4.78, 5) is 24.3. The van der Waals surface area contributed by atoms with Crippen molar-refractivity contribution in [2.45, 2.75) is 0 Å². The Labute approximate surface area is 203 Å². The predicted molar refractivity (Wildman–Crippen MR) is 131 cm³/mol. The van der Waals surface area contributed by atoms with Crippen LogP contribution in [0, 0.1) is 11.6 Å². The number of anilines is 2. The van der Waals surface area contributed by atoms with Gasteiger partial charge in [-0.15, -0.1) is 0 Å². The van der Waals surface area contributed by atoms with Crippen molar-refractivity contribution in [2.24, 2.45) is 0 Å². The highest BCUT2D eigenvalue weighted by Crippen LogP contribution is 2.37. The maximum absolute atomic E-state index is 15.0. The van der Waals surface area contributed by atoms with Crippen molar-refractivity contribution in [3.63, 3.8) is 0 Å². The van der Waals surface area contributed by atoms with Crippen LogP contribution < -0.4 is 20.5 Å². The number of amides is 1. The van der Waals surface area contributed by atoms with Gasteiger partial charge in [0, 0.05) is 29.7 Å². The first-order valence-corrected chi connectivity index (χ1v) is 10.7. The molecule has 3 heterocycles. The Bertz CT molecular complexity index is 1590. The smallest absolute Gasteiger partial charge is 0.262 e. The van der Waals surface area contributed by atoms with Crippen molar-refractivity contribution in [3.05, 3.63) is 90.4 Å². The van der Waals surface area contributed by atoms with Gasteiger partial charge >= 0.3 is 0 Å². The van der Waals surface area contributed by atoms with E-state index in [1.54, 1.807) is 24.4 Å². The Balaban J connectivity index is 1.43. The largest absolute Gasteiger partial charge is 0.496 e. The second kappa shape index (κ2) is 9.34. The van der Waals surface area contributed by atoms with Gasteiger partial charge in [0.1, 0.15) is 28.5 Å². The van der Waals surface area contributed by atoms with E-state index in [9.17, 15) is 13.6 Å². The number of nitrogen functional groups attached to an aromatic ring is 1. The molecule has 0 unspecified atom stereocenters. The maximum Gasteiger partial charge on any atom is 0.262 e. The number of hydrogen-bond donors (Lipinski definition) is 3. The monoisotopic (exact) mass is 487 g/mol. The molecule has 0 fully saturated rings. The van der Waals surface area contributed by atoms with Gasteiger partial charge in [-0.2, -0.15) is 0 Å². The van der Waals surface area contributed by atoms with Crippen molar-refractivity contribution in [2.75, 3.05) is 18.2 Å². The van der Waals surface area contributed by atoms with Gasteiger partial charge in [-0.1, -0.05) is 6.07 Å². The van der Waals surface area contributed by atoms with E-state index in [2.05, 4.69) is 20.3 Å². The molecule has 36 heavy (non-hydrogen) atoms. The number of nitrogens with two attached hydrogens (primary N) is 1. The molecular formula is C26H19F2N5O3. The minimum atomic E-state index is -0.776. The third kappa shape index (κ3) is 4.27. The van der Waals surface area contributed by atoms with Crippen LogP contribution in [0.4, 0.5) is 20.2 Å². The molecule has 10 heteroatoms. The average Bonchev–Trinajstić information content (AvgIpc) is 3.31. The number of nitrogens with zero attached hydrogens (tertiary/aromatic N) is 2. The second-order valence-corrected chi connectivity index (χ2v) is 7.73. The van der Waals surface area contributed by atoms with Crippen molar-refractivity contribution < 1.29 is 23.0 Å². The van der Waals surface area contributed by atoms with E-state index >= 15 is 0 Å². The lowest BCUT2D eigenvalue weighted by Gasteiger charge is -2.12. The maximum atomic E-state index is 15.0. The number of methoxy groups -OCH3 is 1. The molecule has 5 rings (SSSR count). The van der Waals surface area contributed by atoms with Crippen LogP contribution >= 0.6 is 0 Å². The summed E-state index contributed by atoms with van der Waals surface area (Å²) in [6.45, 7) is 0. The van der Waals surface area contributed by atoms with Gasteiger partial charge in [0.25, 0.3) is 5.91 Å². The first kappa shape index (κ1) is 22.8. The number of pyridine rings is 2. The van der Waals surface area contributed by atoms with Gasteiger partial charge in [0.2, 0.25) is 0 Å². The summed E-state index contributed by atoms with van der Waals surface area (Å²) in [5.41, 5.74) is 7.97. The van der Waals surface area contributed by atoms with Gasteiger partial charge in [0.05, 0.1) is 30.1 Å². The molecule has 0 aliphatic rings. The van der Waals surface area contributed by atoms with Crippen LogP contribution in [0.25, 0.3) is 22.3 Å². The third-order valence-electron chi connectivity index (χ3n) is 5.43. The van der Waals surface area contributed by atoms with Crippen LogP contribution in [0.5, 0.6) is 17.2 Å². The number of ether oxygens (including phenoxy) is 2. The van der Waals surface area contributed by atoms with Gasteiger partial charge in [-0.05, 0) is 42.5 Å². The number of aromatic amines is 1. The number of carbonyl (C=O) groups excluding carboxylic acids is 1. The second-order valence-electron chi connectivity index (χ2n) is 7.73. The number of hydrogen-bond acceptors (Lipinski definition) is 6. The van der Waals surface area contributed by atoms with Crippen LogP contribution in [0.3, 0.4) is 0 Å². The topological polar surface area (TPSA) is 115 Å². The Morgan fingerprint density at radius 2 is 1.86 bits per heavy atom. The Hall–Kier alpha value is -4.99. The number of aromatic nitrogens is 3. The Morgan fingerprint density at radius 3 is 2.61 bits per heavy atom. The summed E-state index contributed by atoms with van der Waals surface area (Å²) in [5.74, 6) is -1.94. The van der Waals surface area contributed by atoms with E-state index in [1.807, 2.05) is 0 Å². The van der Waals surface area contributed by atoms with Crippen LogP contribution in [-0.2, 0) is 0 Å². The quantitative estimate of drug-likeness (QED) is 0.290. The highest BCUT2D eigenvalue weighted by atomic mass is 19.1. The van der Waals surface area contributed by atoms with E-state index < -0.39 is 17.5 Å². The molecule has 0 aliphatic carbocycles. The van der Waals surface area contributed by atoms with Crippen molar-refractivity contribution in [1.82, 2.24) is 15.0 Å². The minimum absolute atomic E-state index is 0.0625. The standard InChI is InChI=1S/C26H19F2N5O3/c1-35-21-4-2-3-17(27)24(21)26(34)33-15-6-8-20(18(28)11-15)36-22-9-10-30-25-23(22)16(13-32-25)19-7-5-14(29)12-31-19/h2-13H,29H2,1H3,(H,30,32)(H,33,34). The van der Waals surface area contributed by atoms with Crippen LogP contribution in [0.2, 0.25) is 0 Å². The Kier molecular flexibility index (Phi) is 5.91. The average molecular weight is 487 g/mol. The highest BCUT2D eigenvalue weighted by molar-refractivity contribution is 6.06. The summed E-state index contributed by atoms with van der Waals surface area (Å²) in [6, 6.07) is 13.0. The zero-order valence-corrected chi connectivity index (χ0v) is 18.9. The molecule has 8 nitrogen and oxygen atoms in total. The number of nitrogens with one attached hydrogen (secondary N) is 2. The fourth-order valence-electron chi connectivity index (χ4n) is 3.75. The van der Waals surface area contributed by atoms with Gasteiger partial charge in [-0.3, -0.25) is 9.78 Å². The zero-order chi connectivity index (χ0) is 25.2. The molecule has 180 valence electrons. The number of halogens is 2. The number of carbonyl (C=O) groups is 1. The van der Waals surface area contributed by atoms with E-state index in [1.165, 1.54) is 43.8 Å². The van der Waals surface area contributed by atoms with Gasteiger partial charge in [-0.25, -0.2) is 13.8 Å². The fraction of sp³-hybridized carbons (Fsp3) is 0.0385. The molecule has 3 aromatic heterocycles. The first-order valence-electron chi connectivity index (χ1n) is 10.7. The minimum Gasteiger partial charge on any atom is -0.496 e. The van der Waals surface area contributed by atoms with Crippen molar-refractivity contribution in [3.8, 4) is 28.5 Å². The van der Waals surface area contributed by atoms with Crippen LogP contribution in [0.15, 0.2) is 73.2 Å². The number of H-pyrrole nitrogens is 1. The zero-order valence-electron chi connectivity index (χ0n) is 18.9. The van der Waals surface area contributed by atoms with Crippen molar-refractivity contribution >= 4 is 28.3 Å². The summed E-state index contributed by atoms with van der Waals surface area (Å²) in [6.07, 6.45) is 4.80. The lowest BCUT2D eigenvalue weighted by molar-refractivity contribution is 0.102. The molecule has 0 saturated heterocycles. The molecule has 5 aromatic rings. The third-order valence-corrected chi connectivity index (χ3v) is 5.43. The van der Waals surface area contributed by atoms with Gasteiger partial charge in [0.15, 0.2) is 11.6 Å². The summed E-state index contributed by atoms with van der Waals surface area (Å²) >= 11 is 0. The van der Waals surface area contributed by atoms with Gasteiger partial charge < -0.3 is 25.5 Å². The summed E-state index contributed by atoms with van der Waals surface area (Å²) in [7, 11) is 1.33. The summed E-state index contributed by atoms with van der Waals surface area (Å²) in [5, 5.41) is 3.09. The van der Waals surface area contributed by atoms with E-state index in [0.717, 1.165) is 12.1 Å². The number of rotatable bonds is 6. The lowest BCUT2D eigenvalue weighted by atomic mass is 10.1.